The lowest BCUT2D eigenvalue weighted by atomic mass is 9.99. The second-order valence-electron chi connectivity index (χ2n) is 5.62. The number of methoxy groups -OCH3 is 1. The molecule has 0 unspecified atom stereocenters. The molecule has 0 aromatic heterocycles. The van der Waals surface area contributed by atoms with E-state index in [-0.39, 0.29) is 12.0 Å². The van der Waals surface area contributed by atoms with Gasteiger partial charge in [0.25, 0.3) is 0 Å². The van der Waals surface area contributed by atoms with Crippen molar-refractivity contribution in [3.63, 3.8) is 0 Å². The number of hydrogen-bond donors (Lipinski definition) is 1. The molecule has 3 rings (SSSR count). The number of benzene rings is 2. The van der Waals surface area contributed by atoms with Gasteiger partial charge in [0, 0.05) is 19.3 Å². The monoisotopic (exact) mass is 299 g/mol. The van der Waals surface area contributed by atoms with Gasteiger partial charge < -0.3 is 9.47 Å². The Bertz CT molecular complexity index is 650. The highest BCUT2D eigenvalue weighted by atomic mass is 16.5. The van der Waals surface area contributed by atoms with Crippen molar-refractivity contribution in [2.75, 3.05) is 20.3 Å². The minimum atomic E-state index is -0.433. The van der Waals surface area contributed by atoms with Crippen LogP contribution in [0.15, 0.2) is 42.5 Å². The minimum absolute atomic E-state index is 0.248. The molecule has 0 spiro atoms. The molecular formula is C18H21NO3. The molecular weight excluding hydrogens is 278 g/mol. The van der Waals surface area contributed by atoms with Crippen LogP contribution in [0.3, 0.4) is 0 Å². The van der Waals surface area contributed by atoms with Gasteiger partial charge in [-0.3, -0.25) is 5.32 Å². The van der Waals surface area contributed by atoms with Crippen molar-refractivity contribution >= 4 is 16.7 Å². The number of rotatable bonds is 4. The smallest absolute Gasteiger partial charge is 0.327 e. The van der Waals surface area contributed by atoms with Crippen molar-refractivity contribution in [1.82, 2.24) is 5.32 Å². The molecule has 1 saturated heterocycles. The van der Waals surface area contributed by atoms with Crippen LogP contribution >= 0.6 is 0 Å². The topological polar surface area (TPSA) is 47.6 Å². The molecule has 2 aromatic carbocycles. The molecule has 0 amide bonds. The zero-order valence-electron chi connectivity index (χ0n) is 12.7. The second kappa shape index (κ2) is 6.90. The summed E-state index contributed by atoms with van der Waals surface area (Å²) in [6, 6.07) is 14.1. The summed E-state index contributed by atoms with van der Waals surface area (Å²) in [4.78, 5) is 12.2. The lowest BCUT2D eigenvalue weighted by Crippen LogP contribution is -2.40. The summed E-state index contributed by atoms with van der Waals surface area (Å²) in [6.45, 7) is 1.48. The number of fused-ring (bicyclic) bond motifs is 1. The summed E-state index contributed by atoms with van der Waals surface area (Å²) in [5.74, 6) is -0.248. The minimum Gasteiger partial charge on any atom is -0.468 e. The maximum atomic E-state index is 12.2. The molecule has 1 heterocycles. The normalized spacial score (nSPS) is 17.3. The average Bonchev–Trinajstić information content (AvgIpc) is 2.59. The van der Waals surface area contributed by atoms with E-state index in [1.165, 1.54) is 12.5 Å². The third kappa shape index (κ3) is 3.29. The Morgan fingerprint density at radius 1 is 1.18 bits per heavy atom. The van der Waals surface area contributed by atoms with E-state index in [2.05, 4.69) is 23.5 Å². The third-order valence-electron chi connectivity index (χ3n) is 4.17. The molecule has 1 N–H and O–H groups in total. The van der Waals surface area contributed by atoms with Gasteiger partial charge in [-0.05, 0) is 35.2 Å². The zero-order chi connectivity index (χ0) is 15.4. The number of esters is 1. The number of hydrogen-bond acceptors (Lipinski definition) is 4. The van der Waals surface area contributed by atoms with E-state index >= 15 is 0 Å². The van der Waals surface area contributed by atoms with E-state index in [9.17, 15) is 4.79 Å². The van der Waals surface area contributed by atoms with E-state index in [1.807, 2.05) is 24.3 Å². The number of carbonyl (C=O) groups is 1. The van der Waals surface area contributed by atoms with Crippen LogP contribution in [0.5, 0.6) is 0 Å². The lowest BCUT2D eigenvalue weighted by molar-refractivity contribution is -0.143. The molecule has 0 saturated carbocycles. The Morgan fingerprint density at radius 2 is 1.91 bits per heavy atom. The highest BCUT2D eigenvalue weighted by Crippen LogP contribution is 2.23. The van der Waals surface area contributed by atoms with Crippen LogP contribution < -0.4 is 5.32 Å². The van der Waals surface area contributed by atoms with Gasteiger partial charge in [-0.1, -0.05) is 36.4 Å². The Kier molecular flexibility index (Phi) is 4.71. The van der Waals surface area contributed by atoms with Crippen LogP contribution in [0.25, 0.3) is 10.8 Å². The van der Waals surface area contributed by atoms with Crippen LogP contribution in [0.2, 0.25) is 0 Å². The Hall–Kier alpha value is -1.91. The second-order valence-corrected chi connectivity index (χ2v) is 5.62. The molecule has 22 heavy (non-hydrogen) atoms. The van der Waals surface area contributed by atoms with E-state index in [0.29, 0.717) is 0 Å². The van der Waals surface area contributed by atoms with Gasteiger partial charge in [-0.15, -0.1) is 0 Å². The molecule has 0 aliphatic carbocycles. The fraction of sp³-hybridized carbons (Fsp3) is 0.389. The third-order valence-corrected chi connectivity index (χ3v) is 4.17. The fourth-order valence-electron chi connectivity index (χ4n) is 2.91. The Morgan fingerprint density at radius 3 is 2.64 bits per heavy atom. The van der Waals surface area contributed by atoms with Gasteiger partial charge in [0.05, 0.1) is 7.11 Å². The molecule has 0 radical (unpaired) electrons. The predicted molar refractivity (Wildman–Crippen MR) is 85.7 cm³/mol. The maximum Gasteiger partial charge on any atom is 0.327 e. The van der Waals surface area contributed by atoms with Crippen LogP contribution in [0, 0.1) is 0 Å². The largest absolute Gasteiger partial charge is 0.468 e. The Labute approximate surface area is 130 Å². The van der Waals surface area contributed by atoms with Gasteiger partial charge in [-0.2, -0.15) is 0 Å². The molecule has 4 nitrogen and oxygen atoms in total. The van der Waals surface area contributed by atoms with Crippen molar-refractivity contribution in [3.05, 3.63) is 48.0 Å². The quantitative estimate of drug-likeness (QED) is 0.882. The molecule has 4 heteroatoms. The van der Waals surface area contributed by atoms with Crippen LogP contribution in [0.1, 0.15) is 24.4 Å². The SMILES string of the molecule is COC(=O)[C@H](NC1CCOCC1)c1ccc2ccccc2c1. The summed E-state index contributed by atoms with van der Waals surface area (Å²) in [5, 5.41) is 5.73. The molecule has 1 atom stereocenters. The van der Waals surface area contributed by atoms with Crippen LogP contribution in [0.4, 0.5) is 0 Å². The van der Waals surface area contributed by atoms with E-state index in [4.69, 9.17) is 9.47 Å². The predicted octanol–water partition coefficient (Wildman–Crippen LogP) is 2.82. The number of ether oxygens (including phenoxy) is 2. The highest BCUT2D eigenvalue weighted by molar-refractivity contribution is 5.85. The van der Waals surface area contributed by atoms with E-state index in [1.54, 1.807) is 0 Å². The highest BCUT2D eigenvalue weighted by Gasteiger charge is 2.26. The first kappa shape index (κ1) is 15.0. The average molecular weight is 299 g/mol. The Balaban J connectivity index is 1.87. The lowest BCUT2D eigenvalue weighted by Gasteiger charge is -2.27. The fourth-order valence-corrected chi connectivity index (χ4v) is 2.91. The van der Waals surface area contributed by atoms with Crippen LogP contribution in [-0.4, -0.2) is 32.3 Å². The summed E-state index contributed by atoms with van der Waals surface area (Å²) in [7, 11) is 1.43. The first-order chi connectivity index (χ1) is 10.8. The van der Waals surface area contributed by atoms with Crippen molar-refractivity contribution in [3.8, 4) is 0 Å². The number of nitrogens with one attached hydrogen (secondary N) is 1. The first-order valence-corrected chi connectivity index (χ1v) is 7.68. The number of carbonyl (C=O) groups excluding carboxylic acids is 1. The molecule has 1 aliphatic rings. The summed E-state index contributed by atoms with van der Waals surface area (Å²) in [5.41, 5.74) is 0.942. The van der Waals surface area contributed by atoms with Gasteiger partial charge in [-0.25, -0.2) is 4.79 Å². The van der Waals surface area contributed by atoms with E-state index < -0.39 is 6.04 Å². The summed E-state index contributed by atoms with van der Waals surface area (Å²) in [6.07, 6.45) is 1.84. The van der Waals surface area contributed by atoms with Crippen molar-refractivity contribution in [2.45, 2.75) is 24.9 Å². The molecule has 1 aliphatic heterocycles. The van der Waals surface area contributed by atoms with E-state index in [0.717, 1.165) is 37.0 Å². The summed E-state index contributed by atoms with van der Waals surface area (Å²) >= 11 is 0. The summed E-state index contributed by atoms with van der Waals surface area (Å²) < 4.78 is 10.4. The molecule has 1 fully saturated rings. The standard InChI is InChI=1S/C18H21NO3/c1-21-18(20)17(19-16-8-10-22-11-9-16)15-7-6-13-4-2-3-5-14(13)12-15/h2-7,12,16-17,19H,8-11H2,1H3/t17-/m1/s1. The van der Waals surface area contributed by atoms with Gasteiger partial charge in [0.2, 0.25) is 0 Å². The maximum absolute atomic E-state index is 12.2. The van der Waals surface area contributed by atoms with Gasteiger partial charge in [0.1, 0.15) is 6.04 Å². The molecule has 0 bridgehead atoms. The van der Waals surface area contributed by atoms with Crippen molar-refractivity contribution in [2.24, 2.45) is 0 Å². The van der Waals surface area contributed by atoms with Crippen molar-refractivity contribution < 1.29 is 14.3 Å². The van der Waals surface area contributed by atoms with Crippen LogP contribution in [-0.2, 0) is 14.3 Å². The molecule has 116 valence electrons. The van der Waals surface area contributed by atoms with Gasteiger partial charge in [0.15, 0.2) is 0 Å². The first-order valence-electron chi connectivity index (χ1n) is 7.68. The zero-order valence-corrected chi connectivity index (χ0v) is 12.7. The van der Waals surface area contributed by atoms with Gasteiger partial charge >= 0.3 is 5.97 Å². The van der Waals surface area contributed by atoms with Crippen molar-refractivity contribution in [1.29, 1.82) is 0 Å². The molecule has 2 aromatic rings.